The van der Waals surface area contributed by atoms with Crippen LogP contribution < -0.4 is 14.9 Å². The highest BCUT2D eigenvalue weighted by atomic mass is 16.7. The number of hydrazone groups is 1. The Kier molecular flexibility index (Phi) is 5.37. The Balaban J connectivity index is 1.16. The lowest BCUT2D eigenvalue weighted by Crippen LogP contribution is -2.30. The summed E-state index contributed by atoms with van der Waals surface area (Å²) in [5.41, 5.74) is 8.03. The van der Waals surface area contributed by atoms with Crippen molar-refractivity contribution in [3.05, 3.63) is 94.5 Å². The van der Waals surface area contributed by atoms with Gasteiger partial charge >= 0.3 is 0 Å². The van der Waals surface area contributed by atoms with Crippen molar-refractivity contribution in [3.63, 3.8) is 0 Å². The molecule has 6 nitrogen and oxygen atoms in total. The number of ether oxygens (including phenoxy) is 2. The molecule has 6 heteroatoms. The van der Waals surface area contributed by atoms with E-state index in [1.807, 2.05) is 42.5 Å². The van der Waals surface area contributed by atoms with Crippen LogP contribution in [0.4, 0.5) is 0 Å². The molecule has 3 aromatic carbocycles. The molecule has 1 N–H and O–H groups in total. The Morgan fingerprint density at radius 2 is 1.81 bits per heavy atom. The Bertz CT molecular complexity index is 1130. The molecule has 5 rings (SSSR count). The molecule has 2 aliphatic rings. The molecule has 0 saturated heterocycles. The molecule has 0 unspecified atom stereocenters. The van der Waals surface area contributed by atoms with Gasteiger partial charge in [-0.2, -0.15) is 5.10 Å². The van der Waals surface area contributed by atoms with E-state index in [9.17, 15) is 4.79 Å². The summed E-state index contributed by atoms with van der Waals surface area (Å²) in [6.07, 6.45) is 2.67. The Morgan fingerprint density at radius 1 is 1.00 bits per heavy atom. The van der Waals surface area contributed by atoms with E-state index in [4.69, 9.17) is 9.47 Å². The van der Waals surface area contributed by atoms with E-state index in [-0.39, 0.29) is 12.7 Å². The number of fused-ring (bicyclic) bond motifs is 2. The van der Waals surface area contributed by atoms with Gasteiger partial charge in [-0.15, -0.1) is 0 Å². The highest BCUT2D eigenvalue weighted by Crippen LogP contribution is 2.32. The highest BCUT2D eigenvalue weighted by molar-refractivity contribution is 5.95. The van der Waals surface area contributed by atoms with E-state index < -0.39 is 0 Å². The first kappa shape index (κ1) is 19.3. The summed E-state index contributed by atoms with van der Waals surface area (Å²) in [6.45, 7) is 3.12. The lowest BCUT2D eigenvalue weighted by Gasteiger charge is -2.28. The van der Waals surface area contributed by atoms with Gasteiger partial charge in [0.25, 0.3) is 5.91 Å². The minimum Gasteiger partial charge on any atom is -0.454 e. The number of hydrogen-bond acceptors (Lipinski definition) is 5. The van der Waals surface area contributed by atoms with Crippen LogP contribution in [0.1, 0.15) is 32.6 Å². The monoisotopic (exact) mass is 413 g/mol. The highest BCUT2D eigenvalue weighted by Gasteiger charge is 2.16. The van der Waals surface area contributed by atoms with Gasteiger partial charge < -0.3 is 9.47 Å². The fraction of sp³-hybridized carbons (Fsp3) is 0.200. The Hall–Kier alpha value is -3.64. The number of nitrogens with zero attached hydrogens (tertiary/aromatic N) is 2. The molecular weight excluding hydrogens is 390 g/mol. The SMILES string of the molecule is O=C(N/N=C/c1ccc2c(c1)OCO2)c1ccc(CN2CCc3ccccc3C2)cc1. The Morgan fingerprint density at radius 3 is 2.68 bits per heavy atom. The maximum absolute atomic E-state index is 12.4. The number of benzene rings is 3. The van der Waals surface area contributed by atoms with Gasteiger partial charge in [-0.1, -0.05) is 36.4 Å². The molecule has 0 spiro atoms. The lowest BCUT2D eigenvalue weighted by molar-refractivity contribution is 0.0955. The predicted octanol–water partition coefficient (Wildman–Crippen LogP) is 3.74. The van der Waals surface area contributed by atoms with Crippen LogP contribution in [-0.4, -0.2) is 30.4 Å². The number of nitrogens with one attached hydrogen (secondary N) is 1. The zero-order valence-corrected chi connectivity index (χ0v) is 17.1. The van der Waals surface area contributed by atoms with Crippen LogP contribution >= 0.6 is 0 Å². The average molecular weight is 413 g/mol. The third-order valence-electron chi connectivity index (χ3n) is 5.61. The van der Waals surface area contributed by atoms with E-state index in [2.05, 4.69) is 39.7 Å². The van der Waals surface area contributed by atoms with E-state index in [1.54, 1.807) is 6.21 Å². The second-order valence-corrected chi connectivity index (χ2v) is 7.74. The first-order chi connectivity index (χ1) is 15.2. The van der Waals surface area contributed by atoms with Crippen LogP contribution in [0.5, 0.6) is 11.5 Å². The molecule has 0 aromatic heterocycles. The van der Waals surface area contributed by atoms with Crippen LogP contribution in [0.3, 0.4) is 0 Å². The fourth-order valence-corrected chi connectivity index (χ4v) is 3.93. The standard InChI is InChI=1S/C25H23N3O3/c29-25(27-26-14-19-7-10-23-24(13-19)31-17-30-23)21-8-5-18(6-9-21)15-28-12-11-20-3-1-2-4-22(20)16-28/h1-10,13-14H,11-12,15-17H2,(H,27,29)/b26-14+. The van der Waals surface area contributed by atoms with Crippen molar-refractivity contribution >= 4 is 12.1 Å². The lowest BCUT2D eigenvalue weighted by atomic mass is 9.99. The van der Waals surface area contributed by atoms with E-state index >= 15 is 0 Å². The second kappa shape index (κ2) is 8.62. The number of rotatable bonds is 5. The molecule has 1 amide bonds. The summed E-state index contributed by atoms with van der Waals surface area (Å²) in [6, 6.07) is 21.9. The summed E-state index contributed by atoms with van der Waals surface area (Å²) in [5.74, 6) is 1.16. The van der Waals surface area contributed by atoms with Gasteiger partial charge in [0.2, 0.25) is 6.79 Å². The van der Waals surface area contributed by atoms with Crippen LogP contribution in [-0.2, 0) is 19.5 Å². The number of carbonyl (C=O) groups excluding carboxylic acids is 1. The molecule has 156 valence electrons. The summed E-state index contributed by atoms with van der Waals surface area (Å²) >= 11 is 0. The molecule has 31 heavy (non-hydrogen) atoms. The van der Waals surface area contributed by atoms with Gasteiger partial charge in [-0.05, 0) is 59.0 Å². The van der Waals surface area contributed by atoms with E-state index in [1.165, 1.54) is 16.7 Å². The van der Waals surface area contributed by atoms with Crippen molar-refractivity contribution in [3.8, 4) is 11.5 Å². The summed E-state index contributed by atoms with van der Waals surface area (Å²) < 4.78 is 10.6. The Labute approximate surface area is 181 Å². The summed E-state index contributed by atoms with van der Waals surface area (Å²) in [4.78, 5) is 14.8. The van der Waals surface area contributed by atoms with Gasteiger partial charge in [0, 0.05) is 25.2 Å². The van der Waals surface area contributed by atoms with Gasteiger partial charge in [0.1, 0.15) is 0 Å². The molecule has 0 saturated carbocycles. The quantitative estimate of drug-likeness (QED) is 0.511. The van der Waals surface area contributed by atoms with Crippen molar-refractivity contribution in [1.29, 1.82) is 0 Å². The van der Waals surface area contributed by atoms with Crippen LogP contribution in [0.2, 0.25) is 0 Å². The third-order valence-corrected chi connectivity index (χ3v) is 5.61. The number of hydrogen-bond donors (Lipinski definition) is 1. The minimum absolute atomic E-state index is 0.230. The van der Waals surface area contributed by atoms with Gasteiger partial charge in [0.05, 0.1) is 6.21 Å². The average Bonchev–Trinajstić information content (AvgIpc) is 3.27. The van der Waals surface area contributed by atoms with Crippen molar-refractivity contribution in [1.82, 2.24) is 10.3 Å². The number of amides is 1. The van der Waals surface area contributed by atoms with Crippen molar-refractivity contribution in [2.24, 2.45) is 5.10 Å². The fourth-order valence-electron chi connectivity index (χ4n) is 3.93. The predicted molar refractivity (Wildman–Crippen MR) is 118 cm³/mol. The smallest absolute Gasteiger partial charge is 0.271 e. The van der Waals surface area contributed by atoms with Crippen LogP contribution in [0, 0.1) is 0 Å². The first-order valence-electron chi connectivity index (χ1n) is 10.4. The third kappa shape index (κ3) is 4.44. The number of carbonyl (C=O) groups is 1. The van der Waals surface area contributed by atoms with Crippen molar-refractivity contribution < 1.29 is 14.3 Å². The topological polar surface area (TPSA) is 63.2 Å². The summed E-state index contributed by atoms with van der Waals surface area (Å²) in [7, 11) is 0. The van der Waals surface area contributed by atoms with Crippen LogP contribution in [0.25, 0.3) is 0 Å². The maximum atomic E-state index is 12.4. The van der Waals surface area contributed by atoms with Crippen LogP contribution in [0.15, 0.2) is 71.8 Å². The molecule has 0 fully saturated rings. The van der Waals surface area contributed by atoms with E-state index in [0.717, 1.165) is 37.4 Å². The van der Waals surface area contributed by atoms with Gasteiger partial charge in [0.15, 0.2) is 11.5 Å². The summed E-state index contributed by atoms with van der Waals surface area (Å²) in [5, 5.41) is 4.05. The largest absolute Gasteiger partial charge is 0.454 e. The molecule has 0 radical (unpaired) electrons. The van der Waals surface area contributed by atoms with Gasteiger partial charge in [-0.3, -0.25) is 9.69 Å². The normalized spacial score (nSPS) is 15.1. The zero-order valence-electron chi connectivity index (χ0n) is 17.1. The second-order valence-electron chi connectivity index (χ2n) is 7.74. The van der Waals surface area contributed by atoms with Gasteiger partial charge in [-0.25, -0.2) is 5.43 Å². The maximum Gasteiger partial charge on any atom is 0.271 e. The van der Waals surface area contributed by atoms with E-state index in [0.29, 0.717) is 11.3 Å². The van der Waals surface area contributed by atoms with Crippen molar-refractivity contribution in [2.75, 3.05) is 13.3 Å². The molecular formula is C25H23N3O3. The molecule has 0 aliphatic carbocycles. The molecule has 2 heterocycles. The molecule has 0 atom stereocenters. The molecule has 3 aromatic rings. The van der Waals surface area contributed by atoms with Crippen molar-refractivity contribution in [2.45, 2.75) is 19.5 Å². The minimum atomic E-state index is -0.240. The molecule has 2 aliphatic heterocycles. The first-order valence-corrected chi connectivity index (χ1v) is 10.4. The molecule has 0 bridgehead atoms. The zero-order chi connectivity index (χ0) is 21.0.